The fraction of sp³-hybridized carbons (Fsp3) is 0.125. The number of amides is 1. The summed E-state index contributed by atoms with van der Waals surface area (Å²) in [6.45, 7) is 0. The number of primary amides is 1. The van der Waals surface area contributed by atoms with Crippen LogP contribution in [0.3, 0.4) is 0 Å². The molecule has 0 atom stereocenters. The minimum absolute atomic E-state index is 0.274. The number of hydrogen-bond acceptors (Lipinski definition) is 2. The Kier molecular flexibility index (Phi) is 3.17. The van der Waals surface area contributed by atoms with E-state index in [-0.39, 0.29) is 5.56 Å². The highest BCUT2D eigenvalue weighted by molar-refractivity contribution is 9.10. The lowest BCUT2D eigenvalue weighted by Gasteiger charge is -2.08. The number of carbonyl (C=O) groups is 1. The molecule has 0 spiro atoms. The summed E-state index contributed by atoms with van der Waals surface area (Å²) in [5.74, 6) is -0.269. The van der Waals surface area contributed by atoms with E-state index in [1.165, 1.54) is 7.11 Å². The molecule has 1 aromatic carbocycles. The highest BCUT2D eigenvalue weighted by atomic mass is 79.9. The highest BCUT2D eigenvalue weighted by Gasteiger charge is 2.14. The predicted molar refractivity (Wildman–Crippen MR) is 54.2 cm³/mol. The Bertz CT molecular complexity index is 354. The Morgan fingerprint density at radius 1 is 1.62 bits per heavy atom. The molecule has 2 N–H and O–H groups in total. The fourth-order valence-electron chi connectivity index (χ4n) is 0.926. The van der Waals surface area contributed by atoms with Crippen molar-refractivity contribution in [3.05, 3.63) is 27.2 Å². The summed E-state index contributed by atoms with van der Waals surface area (Å²) in [6.07, 6.45) is 0. The van der Waals surface area contributed by atoms with Gasteiger partial charge in [0.15, 0.2) is 5.75 Å². The minimum Gasteiger partial charge on any atom is -0.494 e. The Labute approximate surface area is 88.9 Å². The molecule has 0 fully saturated rings. The van der Waals surface area contributed by atoms with E-state index in [2.05, 4.69) is 15.9 Å². The van der Waals surface area contributed by atoms with E-state index in [0.29, 0.717) is 15.2 Å². The summed E-state index contributed by atoms with van der Waals surface area (Å²) in [7, 11) is 1.43. The lowest BCUT2D eigenvalue weighted by molar-refractivity contribution is 0.0997. The van der Waals surface area contributed by atoms with Gasteiger partial charge in [0.05, 0.1) is 17.7 Å². The van der Waals surface area contributed by atoms with Gasteiger partial charge in [-0.1, -0.05) is 11.6 Å². The normalized spacial score (nSPS) is 9.77. The van der Waals surface area contributed by atoms with E-state index >= 15 is 0 Å². The van der Waals surface area contributed by atoms with Gasteiger partial charge in [-0.2, -0.15) is 0 Å². The zero-order chi connectivity index (χ0) is 10.0. The first-order valence-corrected chi connectivity index (χ1v) is 4.56. The second kappa shape index (κ2) is 3.98. The summed E-state index contributed by atoms with van der Waals surface area (Å²) in [5, 5.41) is 0.346. The third-order valence-electron chi connectivity index (χ3n) is 1.52. The van der Waals surface area contributed by atoms with E-state index in [4.69, 9.17) is 22.1 Å². The standard InChI is InChI=1S/C8H7BrClNO2/c1-13-7-4(8(11)12)2-3-5(9)6(7)10/h2-3H,1H3,(H2,11,12). The van der Waals surface area contributed by atoms with Gasteiger partial charge < -0.3 is 10.5 Å². The molecule has 3 nitrogen and oxygen atoms in total. The van der Waals surface area contributed by atoms with Gasteiger partial charge in [-0.05, 0) is 28.1 Å². The molecule has 13 heavy (non-hydrogen) atoms. The largest absolute Gasteiger partial charge is 0.494 e. The van der Waals surface area contributed by atoms with Crippen LogP contribution in [-0.4, -0.2) is 13.0 Å². The second-order valence-corrected chi connectivity index (χ2v) is 3.54. The van der Waals surface area contributed by atoms with Gasteiger partial charge in [-0.3, -0.25) is 4.79 Å². The Morgan fingerprint density at radius 3 is 2.69 bits per heavy atom. The number of rotatable bonds is 2. The monoisotopic (exact) mass is 263 g/mol. The maximum atomic E-state index is 10.9. The van der Waals surface area contributed by atoms with Crippen molar-refractivity contribution < 1.29 is 9.53 Å². The van der Waals surface area contributed by atoms with Crippen molar-refractivity contribution in [1.82, 2.24) is 0 Å². The molecule has 1 rings (SSSR count). The van der Waals surface area contributed by atoms with E-state index in [1.807, 2.05) is 0 Å². The van der Waals surface area contributed by atoms with Gasteiger partial charge in [0.1, 0.15) is 0 Å². The molecule has 0 aliphatic heterocycles. The summed E-state index contributed by atoms with van der Waals surface area (Å²) in [6, 6.07) is 3.20. The molecule has 0 aliphatic carbocycles. The molecular formula is C8H7BrClNO2. The number of nitrogens with two attached hydrogens (primary N) is 1. The van der Waals surface area contributed by atoms with Gasteiger partial charge in [-0.25, -0.2) is 0 Å². The topological polar surface area (TPSA) is 52.3 Å². The van der Waals surface area contributed by atoms with Gasteiger partial charge in [0, 0.05) is 4.47 Å². The molecule has 0 aromatic heterocycles. The zero-order valence-electron chi connectivity index (χ0n) is 6.80. The molecule has 0 saturated carbocycles. The summed E-state index contributed by atoms with van der Waals surface area (Å²) in [4.78, 5) is 10.9. The number of hydrogen-bond donors (Lipinski definition) is 1. The van der Waals surface area contributed by atoms with Gasteiger partial charge in [-0.15, -0.1) is 0 Å². The van der Waals surface area contributed by atoms with Crippen LogP contribution >= 0.6 is 27.5 Å². The minimum atomic E-state index is -0.564. The molecule has 70 valence electrons. The first-order chi connectivity index (χ1) is 6.07. The average Bonchev–Trinajstić information content (AvgIpc) is 2.09. The van der Waals surface area contributed by atoms with Crippen molar-refractivity contribution in [2.75, 3.05) is 7.11 Å². The van der Waals surface area contributed by atoms with Gasteiger partial charge in [0.25, 0.3) is 5.91 Å². The van der Waals surface area contributed by atoms with Crippen LogP contribution in [0.5, 0.6) is 5.75 Å². The zero-order valence-corrected chi connectivity index (χ0v) is 9.15. The van der Waals surface area contributed by atoms with Crippen molar-refractivity contribution in [3.63, 3.8) is 0 Å². The van der Waals surface area contributed by atoms with E-state index in [9.17, 15) is 4.79 Å². The Morgan fingerprint density at radius 2 is 2.23 bits per heavy atom. The van der Waals surface area contributed by atoms with Crippen LogP contribution in [0.25, 0.3) is 0 Å². The summed E-state index contributed by atoms with van der Waals surface area (Å²) in [5.41, 5.74) is 5.39. The SMILES string of the molecule is COc1c(C(N)=O)ccc(Br)c1Cl. The predicted octanol–water partition coefficient (Wildman–Crippen LogP) is 2.21. The molecule has 0 radical (unpaired) electrons. The smallest absolute Gasteiger partial charge is 0.252 e. The lowest BCUT2D eigenvalue weighted by atomic mass is 10.2. The van der Waals surface area contributed by atoms with E-state index in [0.717, 1.165) is 0 Å². The quantitative estimate of drug-likeness (QED) is 0.890. The Balaban J connectivity index is 3.38. The second-order valence-electron chi connectivity index (χ2n) is 2.31. The summed E-state index contributed by atoms with van der Waals surface area (Å²) >= 11 is 9.07. The number of halogens is 2. The molecule has 0 bridgehead atoms. The maximum Gasteiger partial charge on any atom is 0.252 e. The van der Waals surface area contributed by atoms with Crippen LogP contribution in [0.15, 0.2) is 16.6 Å². The van der Waals surface area contributed by atoms with Crippen LogP contribution in [0, 0.1) is 0 Å². The lowest BCUT2D eigenvalue weighted by Crippen LogP contribution is -2.12. The third-order valence-corrected chi connectivity index (χ3v) is 2.78. The molecule has 1 aromatic rings. The molecule has 0 saturated heterocycles. The number of benzene rings is 1. The van der Waals surface area contributed by atoms with E-state index < -0.39 is 5.91 Å². The van der Waals surface area contributed by atoms with Crippen LogP contribution < -0.4 is 10.5 Å². The maximum absolute atomic E-state index is 10.9. The molecule has 1 amide bonds. The van der Waals surface area contributed by atoms with Crippen molar-refractivity contribution in [2.45, 2.75) is 0 Å². The number of methoxy groups -OCH3 is 1. The van der Waals surface area contributed by atoms with Crippen molar-refractivity contribution in [1.29, 1.82) is 0 Å². The summed E-state index contributed by atoms with van der Waals surface area (Å²) < 4.78 is 5.62. The van der Waals surface area contributed by atoms with E-state index in [1.54, 1.807) is 12.1 Å². The Hall–Kier alpha value is -0.740. The van der Waals surface area contributed by atoms with Crippen LogP contribution in [-0.2, 0) is 0 Å². The van der Waals surface area contributed by atoms with Crippen LogP contribution in [0.1, 0.15) is 10.4 Å². The third kappa shape index (κ3) is 1.95. The first kappa shape index (κ1) is 10.3. The molecule has 0 aliphatic rings. The van der Waals surface area contributed by atoms with Crippen molar-refractivity contribution in [2.24, 2.45) is 5.73 Å². The fourth-order valence-corrected chi connectivity index (χ4v) is 1.48. The van der Waals surface area contributed by atoms with Gasteiger partial charge >= 0.3 is 0 Å². The van der Waals surface area contributed by atoms with Crippen LogP contribution in [0.4, 0.5) is 0 Å². The first-order valence-electron chi connectivity index (χ1n) is 3.39. The van der Waals surface area contributed by atoms with Gasteiger partial charge in [0.2, 0.25) is 0 Å². The van der Waals surface area contributed by atoms with Crippen molar-refractivity contribution in [3.8, 4) is 5.75 Å². The molecule has 0 unspecified atom stereocenters. The van der Waals surface area contributed by atoms with Crippen LogP contribution in [0.2, 0.25) is 5.02 Å². The molecule has 0 heterocycles. The molecule has 5 heteroatoms. The van der Waals surface area contributed by atoms with Crippen molar-refractivity contribution >= 4 is 33.4 Å². The number of carbonyl (C=O) groups excluding carboxylic acids is 1. The molecular weight excluding hydrogens is 257 g/mol. The average molecular weight is 265 g/mol. The number of ether oxygens (including phenoxy) is 1. The highest BCUT2D eigenvalue weighted by Crippen LogP contribution is 2.34.